The molecule has 6 aliphatic heterocycles. The van der Waals surface area contributed by atoms with Crippen LogP contribution >= 0.6 is 12.2 Å². The van der Waals surface area contributed by atoms with Crippen LogP contribution in [0.4, 0.5) is 73.6 Å². The maximum absolute atomic E-state index is 13.9. The van der Waals surface area contributed by atoms with Crippen molar-refractivity contribution in [3.8, 4) is 6.07 Å². The second-order valence-electron chi connectivity index (χ2n) is 28.3. The number of fused-ring (bicyclic) bond motifs is 8. The van der Waals surface area contributed by atoms with Crippen LogP contribution in [0.25, 0.3) is 0 Å². The van der Waals surface area contributed by atoms with E-state index < -0.39 is 0 Å². The molecule has 5 amide bonds. The van der Waals surface area contributed by atoms with Gasteiger partial charge in [0.25, 0.3) is 17.7 Å². The van der Waals surface area contributed by atoms with E-state index in [-0.39, 0.29) is 29.8 Å². The Morgan fingerprint density at radius 1 is 0.500 bits per heavy atom. The van der Waals surface area contributed by atoms with Crippen LogP contribution in [0.1, 0.15) is 106 Å². The van der Waals surface area contributed by atoms with Gasteiger partial charge in [-0.05, 0) is 172 Å². The normalized spacial score (nSPS) is 15.1. The van der Waals surface area contributed by atoms with Crippen LogP contribution in [0.3, 0.4) is 0 Å². The Labute approximate surface area is 645 Å². The molecule has 2 saturated heterocycles. The summed E-state index contributed by atoms with van der Waals surface area (Å²) in [5.74, 6) is 3.49. The number of likely N-dealkylation sites (tertiary alicyclic amines) is 1. The van der Waals surface area contributed by atoms with Crippen molar-refractivity contribution in [2.75, 3.05) is 81.1 Å². The number of likely N-dealkylation sites (N-methyl/N-ethyl adjacent to an activating group) is 1. The van der Waals surface area contributed by atoms with Gasteiger partial charge in [0, 0.05) is 113 Å². The molecule has 0 spiro atoms. The van der Waals surface area contributed by atoms with Crippen molar-refractivity contribution < 1.29 is 19.2 Å². The number of carbonyl (C=O) groups is 4. The van der Waals surface area contributed by atoms with E-state index in [2.05, 4.69) is 87.3 Å². The number of nitrogens with zero attached hydrogens (tertiary/aromatic N) is 15. The predicted octanol–water partition coefficient (Wildman–Crippen LogP) is 13.0. The number of para-hydroxylation sites is 8. The number of nitriles is 1. The minimum absolute atomic E-state index is 0.0363. The number of hydrogen-bond donors (Lipinski definition) is 7. The lowest BCUT2D eigenvalue weighted by Gasteiger charge is -2.32. The zero-order valence-electron chi connectivity index (χ0n) is 63.0. The highest BCUT2D eigenvalue weighted by atomic mass is 32.1. The number of benzene rings is 7. The zero-order valence-corrected chi connectivity index (χ0v) is 63.9. The number of carbonyl (C=O) groups excluding carboxylic acids is 4. The third-order valence-electron chi connectivity index (χ3n) is 21.0. The summed E-state index contributed by atoms with van der Waals surface area (Å²) in [7, 11) is 9.74. The molecule has 1 atom stereocenters. The van der Waals surface area contributed by atoms with Crippen LogP contribution in [-0.2, 0) is 67.5 Å². The smallest absolute Gasteiger partial charge is 0.318 e. The van der Waals surface area contributed by atoms with E-state index in [1.54, 1.807) is 65.5 Å². The van der Waals surface area contributed by atoms with E-state index in [9.17, 15) is 19.2 Å². The molecule has 4 aromatic heterocycles. The highest BCUT2D eigenvalue weighted by Gasteiger charge is 2.36. The largest absolute Gasteiger partial charge is 0.379 e. The molecule has 26 nitrogen and oxygen atoms in total. The van der Waals surface area contributed by atoms with E-state index >= 15 is 0 Å². The SMILES string of the molecule is Cc1cc(C(=O)N2Cc3cnn(C)c3Nc3ccccc32)ccc1C#N.Cc1cc(C(=O)N2Cc3cnn(C)c3Nc3ccccc32)ccc1CN.Cc1cc(C(=O)N2Cc3cnn(C)c3Nc3ccccc32)ccc1CNC(=O)N1CCC[C@H]1C(=S)N1CCCN(C)CC1.Cn1ncc2c1Nc1ccccc1NC2. The summed E-state index contributed by atoms with van der Waals surface area (Å²) >= 11 is 5.92. The van der Waals surface area contributed by atoms with Gasteiger partial charge < -0.3 is 67.0 Å². The van der Waals surface area contributed by atoms with Crippen molar-refractivity contribution in [1.29, 1.82) is 5.26 Å². The highest BCUT2D eigenvalue weighted by Crippen LogP contribution is 2.40. The van der Waals surface area contributed by atoms with E-state index in [0.29, 0.717) is 61.5 Å². The van der Waals surface area contributed by atoms with Gasteiger partial charge in [0.1, 0.15) is 28.3 Å². The lowest BCUT2D eigenvalue weighted by Crippen LogP contribution is -2.50. The number of hydrogen-bond acceptors (Lipinski definition) is 17. The fourth-order valence-electron chi connectivity index (χ4n) is 14.7. The molecule has 27 heteroatoms. The Morgan fingerprint density at radius 3 is 1.40 bits per heavy atom. The molecular formula is C83H90N22O4S. The van der Waals surface area contributed by atoms with Crippen LogP contribution in [0.5, 0.6) is 0 Å². The molecule has 17 rings (SSSR count). The third kappa shape index (κ3) is 15.6. The summed E-state index contributed by atoms with van der Waals surface area (Å²) in [6, 6.07) is 50.1. The first-order valence-electron chi connectivity index (χ1n) is 36.9. The molecule has 0 radical (unpaired) electrons. The van der Waals surface area contributed by atoms with Crippen molar-refractivity contribution in [2.24, 2.45) is 33.9 Å². The molecule has 11 aromatic rings. The van der Waals surface area contributed by atoms with Gasteiger partial charge in [0.15, 0.2) is 0 Å². The Bertz CT molecular complexity index is 5360. The molecule has 2 fully saturated rings. The standard InChI is InChI=1S/C32H40N8O2S.C20H21N5O.C20H17N5O.C11H12N4/c1-22-18-23(30(41)40-21-25-20-34-37(3)29(25)35-26-8-4-5-9-27(26)40)11-12-24(22)19-33-32(42)39-15-6-10-28(39)31(43)38-14-7-13-36(2)16-17-38;2*1-13-9-14(7-8-15(13)10-21)20(26)25-12-16-11-22-24(2)19(16)23-17-5-3-4-6-18(17)25;1-15-11-8(7-13-15)6-12-9-4-2-3-5-10(9)14-11/h4-5,8-9,11-12,18,20,28,35H,6-7,10,13-17,19,21H2,1-3H3,(H,33,42);3-9,11,23H,10,12,21H2,1-2H3;3-9,11,23H,12H2,1-2H3;2-5,7,12,14H,6H2,1H3/t28-;;;/m0.../s1. The second kappa shape index (κ2) is 32.4. The maximum atomic E-state index is 13.9. The van der Waals surface area contributed by atoms with Gasteiger partial charge in [-0.3, -0.25) is 33.1 Å². The van der Waals surface area contributed by atoms with E-state index in [1.807, 2.05) is 186 Å². The van der Waals surface area contributed by atoms with Gasteiger partial charge in [-0.2, -0.15) is 25.7 Å². The summed E-state index contributed by atoms with van der Waals surface area (Å²) in [4.78, 5) is 66.6. The van der Waals surface area contributed by atoms with Gasteiger partial charge in [-0.25, -0.2) is 4.79 Å². The van der Waals surface area contributed by atoms with Crippen LogP contribution in [0.15, 0.2) is 176 Å². The molecule has 0 unspecified atom stereocenters. The molecular weight excluding hydrogens is 1400 g/mol. The van der Waals surface area contributed by atoms with Crippen molar-refractivity contribution >= 4 is 110 Å². The van der Waals surface area contributed by atoms with Crippen molar-refractivity contribution in [1.82, 2.24) is 59.1 Å². The molecule has 0 saturated carbocycles. The van der Waals surface area contributed by atoms with Gasteiger partial charge >= 0.3 is 6.03 Å². The number of rotatable bonds is 7. The van der Waals surface area contributed by atoms with Gasteiger partial charge in [0.05, 0.1) is 108 Å². The molecule has 562 valence electrons. The summed E-state index contributed by atoms with van der Waals surface area (Å²) in [5, 5.41) is 46.5. The number of anilines is 12. The molecule has 10 heterocycles. The number of aryl methyl sites for hydroxylation is 7. The van der Waals surface area contributed by atoms with Crippen LogP contribution in [0.2, 0.25) is 0 Å². The molecule has 110 heavy (non-hydrogen) atoms. The Morgan fingerprint density at radius 2 is 0.927 bits per heavy atom. The van der Waals surface area contributed by atoms with Gasteiger partial charge in [0.2, 0.25) is 0 Å². The maximum Gasteiger partial charge on any atom is 0.318 e. The Balaban J connectivity index is 0.000000130. The first-order valence-corrected chi connectivity index (χ1v) is 37.3. The van der Waals surface area contributed by atoms with Crippen molar-refractivity contribution in [3.63, 3.8) is 0 Å². The van der Waals surface area contributed by atoms with Crippen LogP contribution < -0.4 is 52.3 Å². The summed E-state index contributed by atoms with van der Waals surface area (Å²) in [6.07, 6.45) is 10.2. The highest BCUT2D eigenvalue weighted by molar-refractivity contribution is 7.80. The quantitative estimate of drug-likeness (QED) is 0.0730. The lowest BCUT2D eigenvalue weighted by molar-refractivity contribution is 0.0977. The van der Waals surface area contributed by atoms with E-state index in [0.717, 1.165) is 170 Å². The monoisotopic (exact) mass is 1490 g/mol. The number of urea groups is 1. The Hall–Kier alpha value is -12.6. The van der Waals surface area contributed by atoms with Crippen LogP contribution in [-0.4, -0.2) is 128 Å². The van der Waals surface area contributed by atoms with E-state index in [1.165, 1.54) is 5.56 Å². The predicted molar refractivity (Wildman–Crippen MR) is 435 cm³/mol. The molecule has 0 bridgehead atoms. The third-order valence-corrected chi connectivity index (χ3v) is 21.6. The van der Waals surface area contributed by atoms with Crippen molar-refractivity contribution in [3.05, 3.63) is 249 Å². The molecule has 8 N–H and O–H groups in total. The van der Waals surface area contributed by atoms with E-state index in [4.69, 9.17) is 23.2 Å². The van der Waals surface area contributed by atoms with Gasteiger partial charge in [-0.1, -0.05) is 72.9 Å². The molecule has 0 aliphatic carbocycles. The number of thiocarbonyl (C=S) groups is 1. The molecule has 6 aliphatic rings. The topological polar surface area (TPSA) is 281 Å². The second-order valence-corrected chi connectivity index (χ2v) is 28.7. The zero-order chi connectivity index (χ0) is 76.9. The fraction of sp³-hybridized carbons (Fsp3) is 0.277. The van der Waals surface area contributed by atoms with Crippen molar-refractivity contribution in [2.45, 2.75) is 85.3 Å². The summed E-state index contributed by atoms with van der Waals surface area (Å²) in [6.45, 7) is 13.4. The number of amides is 5. The van der Waals surface area contributed by atoms with Crippen LogP contribution in [0, 0.1) is 32.1 Å². The molecule has 7 aromatic carbocycles. The first kappa shape index (κ1) is 74.2. The number of aromatic nitrogens is 8. The first-order chi connectivity index (χ1) is 53.3. The minimum Gasteiger partial charge on any atom is -0.379 e. The fourth-order valence-corrected chi connectivity index (χ4v) is 15.2. The number of nitrogens with two attached hydrogens (primary N) is 1. The summed E-state index contributed by atoms with van der Waals surface area (Å²) in [5.41, 5.74) is 24.3. The number of nitrogens with one attached hydrogen (secondary N) is 6. The minimum atomic E-state index is -0.108. The lowest BCUT2D eigenvalue weighted by atomic mass is 10.0. The average Bonchev–Trinajstić information content (AvgIpc) is 1.62. The summed E-state index contributed by atoms with van der Waals surface area (Å²) < 4.78 is 7.21. The average molecular weight is 1490 g/mol. The Kier molecular flexibility index (Phi) is 21.9. The van der Waals surface area contributed by atoms with Gasteiger partial charge in [-0.15, -0.1) is 0 Å².